The molecule has 3 heteroatoms. The normalized spacial score (nSPS) is 30.9. The molecular formula is C18H23NO2. The number of carbonyl (C=O) groups is 2. The number of imide groups is 1. The second-order valence-electron chi connectivity index (χ2n) is 7.39. The molecule has 3 rings (SSSR count). The van der Waals surface area contributed by atoms with Gasteiger partial charge in [-0.05, 0) is 55.4 Å². The molecule has 1 aromatic rings. The van der Waals surface area contributed by atoms with E-state index in [1.54, 1.807) is 0 Å². The first-order valence-corrected chi connectivity index (χ1v) is 7.66. The molecule has 0 radical (unpaired) electrons. The van der Waals surface area contributed by atoms with Crippen molar-refractivity contribution in [2.24, 2.45) is 16.7 Å². The van der Waals surface area contributed by atoms with E-state index in [4.69, 9.17) is 0 Å². The zero-order chi connectivity index (χ0) is 15.6. The highest BCUT2D eigenvalue weighted by Crippen LogP contribution is 2.60. The van der Waals surface area contributed by atoms with Crippen LogP contribution in [0.25, 0.3) is 0 Å². The minimum absolute atomic E-state index is 0.0248. The van der Waals surface area contributed by atoms with Gasteiger partial charge in [0.15, 0.2) is 0 Å². The minimum atomic E-state index is -0.440. The van der Waals surface area contributed by atoms with Gasteiger partial charge >= 0.3 is 0 Å². The van der Waals surface area contributed by atoms with E-state index in [0.717, 1.165) is 24.1 Å². The van der Waals surface area contributed by atoms with Crippen LogP contribution < -0.4 is 4.90 Å². The van der Waals surface area contributed by atoms with Crippen molar-refractivity contribution in [3.63, 3.8) is 0 Å². The molecule has 1 aromatic carbocycles. The summed E-state index contributed by atoms with van der Waals surface area (Å²) < 4.78 is 0. The fourth-order valence-corrected chi connectivity index (χ4v) is 3.93. The summed E-state index contributed by atoms with van der Waals surface area (Å²) in [6.45, 7) is 10.2. The van der Waals surface area contributed by atoms with Gasteiger partial charge in [0.25, 0.3) is 0 Å². The zero-order valence-corrected chi connectivity index (χ0v) is 13.5. The number of fused-ring (bicyclic) bond motifs is 2. The molecule has 2 atom stereocenters. The lowest BCUT2D eigenvalue weighted by atomic mass is 9.62. The Hall–Kier alpha value is -1.64. The summed E-state index contributed by atoms with van der Waals surface area (Å²) in [7, 11) is 0. The Morgan fingerprint density at radius 2 is 1.76 bits per heavy atom. The maximum atomic E-state index is 13.0. The van der Waals surface area contributed by atoms with Gasteiger partial charge in [-0.3, -0.25) is 9.59 Å². The molecule has 0 aromatic heterocycles. The van der Waals surface area contributed by atoms with Gasteiger partial charge < -0.3 is 0 Å². The molecule has 1 saturated heterocycles. The molecular weight excluding hydrogens is 262 g/mol. The lowest BCUT2D eigenvalue weighted by molar-refractivity contribution is -0.146. The van der Waals surface area contributed by atoms with Crippen LogP contribution in [-0.4, -0.2) is 11.8 Å². The van der Waals surface area contributed by atoms with Crippen LogP contribution in [0, 0.1) is 30.6 Å². The Kier molecular flexibility index (Phi) is 2.85. The third kappa shape index (κ3) is 1.66. The second kappa shape index (κ2) is 4.19. The molecule has 0 N–H and O–H groups in total. The molecule has 2 amide bonds. The number of anilines is 1. The number of hydrogen-bond acceptors (Lipinski definition) is 2. The number of hydrogen-bond donors (Lipinski definition) is 0. The molecule has 2 fully saturated rings. The number of carbonyl (C=O) groups excluding carboxylic acids is 2. The van der Waals surface area contributed by atoms with Gasteiger partial charge in [-0.2, -0.15) is 0 Å². The summed E-state index contributed by atoms with van der Waals surface area (Å²) in [5.41, 5.74) is 2.31. The maximum Gasteiger partial charge on any atom is 0.240 e. The fourth-order valence-electron chi connectivity index (χ4n) is 3.93. The highest BCUT2D eigenvalue weighted by atomic mass is 16.2. The Morgan fingerprint density at radius 3 is 2.38 bits per heavy atom. The Morgan fingerprint density at radius 1 is 1.10 bits per heavy atom. The van der Waals surface area contributed by atoms with Crippen molar-refractivity contribution in [3.05, 3.63) is 29.3 Å². The first-order valence-electron chi connectivity index (χ1n) is 7.66. The lowest BCUT2D eigenvalue weighted by Gasteiger charge is -2.47. The third-order valence-corrected chi connectivity index (χ3v) is 6.17. The van der Waals surface area contributed by atoms with Crippen LogP contribution in [0.2, 0.25) is 0 Å². The van der Waals surface area contributed by atoms with Gasteiger partial charge in [0.2, 0.25) is 11.8 Å². The zero-order valence-electron chi connectivity index (χ0n) is 13.5. The van der Waals surface area contributed by atoms with Crippen molar-refractivity contribution < 1.29 is 9.59 Å². The predicted octanol–water partition coefficient (Wildman–Crippen LogP) is 3.62. The standard InChI is InChI=1S/C18H23NO2/c1-11-6-7-13(10-12(11)2)19-15(20)14-8-9-18(5,16(19)21)17(14,3)4/h6-7,10,14H,8-9H2,1-5H3/t14-,18-/m1/s1. The number of piperidine rings is 1. The van der Waals surface area contributed by atoms with E-state index in [9.17, 15) is 9.59 Å². The Labute approximate surface area is 126 Å². The maximum absolute atomic E-state index is 13.0. The molecule has 3 nitrogen and oxygen atoms in total. The van der Waals surface area contributed by atoms with Crippen LogP contribution in [0.3, 0.4) is 0 Å². The predicted molar refractivity (Wildman–Crippen MR) is 83.0 cm³/mol. The largest absolute Gasteiger partial charge is 0.274 e. The molecule has 0 unspecified atom stereocenters. The van der Waals surface area contributed by atoms with Crippen LogP contribution in [0.15, 0.2) is 18.2 Å². The molecule has 1 aliphatic heterocycles. The lowest BCUT2D eigenvalue weighted by Crippen LogP contribution is -2.59. The Bertz CT molecular complexity index is 647. The van der Waals surface area contributed by atoms with Crippen molar-refractivity contribution >= 4 is 17.5 Å². The van der Waals surface area contributed by atoms with Crippen molar-refractivity contribution in [1.82, 2.24) is 0 Å². The number of rotatable bonds is 1. The van der Waals surface area contributed by atoms with E-state index >= 15 is 0 Å². The van der Waals surface area contributed by atoms with Gasteiger partial charge in [0.05, 0.1) is 11.1 Å². The third-order valence-electron chi connectivity index (χ3n) is 6.17. The van der Waals surface area contributed by atoms with Gasteiger partial charge in [-0.15, -0.1) is 0 Å². The minimum Gasteiger partial charge on any atom is -0.274 e. The summed E-state index contributed by atoms with van der Waals surface area (Å²) in [4.78, 5) is 27.3. The van der Waals surface area contributed by atoms with Gasteiger partial charge in [0, 0.05) is 5.92 Å². The van der Waals surface area contributed by atoms with Crippen molar-refractivity contribution in [2.75, 3.05) is 4.90 Å². The number of benzene rings is 1. The Balaban J connectivity index is 2.11. The monoisotopic (exact) mass is 285 g/mol. The number of amides is 2. The molecule has 1 heterocycles. The quantitative estimate of drug-likeness (QED) is 0.739. The van der Waals surface area contributed by atoms with Crippen LogP contribution in [0.1, 0.15) is 44.7 Å². The summed E-state index contributed by atoms with van der Waals surface area (Å²) in [5.74, 6) is -0.112. The average Bonchev–Trinajstić information content (AvgIpc) is 2.59. The van der Waals surface area contributed by atoms with Crippen LogP contribution in [0.5, 0.6) is 0 Å². The van der Waals surface area contributed by atoms with E-state index in [1.165, 1.54) is 10.5 Å². The van der Waals surface area contributed by atoms with E-state index in [0.29, 0.717) is 0 Å². The topological polar surface area (TPSA) is 37.4 Å². The number of aryl methyl sites for hydroxylation is 2. The van der Waals surface area contributed by atoms with Gasteiger partial charge in [-0.1, -0.05) is 26.8 Å². The summed E-state index contributed by atoms with van der Waals surface area (Å²) in [5, 5.41) is 0. The molecule has 0 spiro atoms. The molecule has 1 saturated carbocycles. The van der Waals surface area contributed by atoms with E-state index in [1.807, 2.05) is 39.0 Å². The van der Waals surface area contributed by atoms with Crippen LogP contribution >= 0.6 is 0 Å². The van der Waals surface area contributed by atoms with Crippen molar-refractivity contribution in [2.45, 2.75) is 47.5 Å². The van der Waals surface area contributed by atoms with E-state index in [2.05, 4.69) is 13.8 Å². The first kappa shape index (κ1) is 14.3. The van der Waals surface area contributed by atoms with Crippen molar-refractivity contribution in [3.8, 4) is 0 Å². The molecule has 112 valence electrons. The molecule has 2 bridgehead atoms. The average molecular weight is 285 g/mol. The van der Waals surface area contributed by atoms with Crippen LogP contribution in [0.4, 0.5) is 5.69 Å². The SMILES string of the molecule is Cc1ccc(N2C(=O)[C@H]3CC[C@](C)(C2=O)C3(C)C)cc1C. The highest BCUT2D eigenvalue weighted by molar-refractivity contribution is 6.20. The number of nitrogens with zero attached hydrogens (tertiary/aromatic N) is 1. The van der Waals surface area contributed by atoms with Gasteiger partial charge in [-0.25, -0.2) is 4.90 Å². The summed E-state index contributed by atoms with van der Waals surface area (Å²) in [6, 6.07) is 5.82. The summed E-state index contributed by atoms with van der Waals surface area (Å²) in [6.07, 6.45) is 1.62. The first-order chi connectivity index (χ1) is 9.70. The van der Waals surface area contributed by atoms with Crippen LogP contribution in [-0.2, 0) is 9.59 Å². The molecule has 2 aliphatic rings. The molecule has 21 heavy (non-hydrogen) atoms. The van der Waals surface area contributed by atoms with Crippen molar-refractivity contribution in [1.29, 1.82) is 0 Å². The fraction of sp³-hybridized carbons (Fsp3) is 0.556. The highest BCUT2D eigenvalue weighted by Gasteiger charge is 2.64. The van der Waals surface area contributed by atoms with E-state index < -0.39 is 5.41 Å². The summed E-state index contributed by atoms with van der Waals surface area (Å²) >= 11 is 0. The smallest absolute Gasteiger partial charge is 0.240 e. The van der Waals surface area contributed by atoms with Gasteiger partial charge in [0.1, 0.15) is 0 Å². The van der Waals surface area contributed by atoms with E-state index in [-0.39, 0.29) is 23.1 Å². The second-order valence-corrected chi connectivity index (χ2v) is 7.39. The molecule has 1 aliphatic carbocycles.